The first-order valence-electron chi connectivity index (χ1n) is 16.5. The lowest BCUT2D eigenvalue weighted by Crippen LogP contribution is -2.64. The van der Waals surface area contributed by atoms with E-state index in [9.17, 15) is 54.0 Å². The second kappa shape index (κ2) is 20.4. The molecule has 6 amide bonds. The molecule has 0 aliphatic carbocycles. The molecule has 0 radical (unpaired) electrons. The number of nitrogens with zero attached hydrogens (tertiary/aromatic N) is 2. The number of hydrogen-bond donors (Lipinski definition) is 11. The number of carbonyl (C=O) groups excluding carboxylic acids is 6. The maximum atomic E-state index is 13.7. The van der Waals surface area contributed by atoms with Crippen LogP contribution >= 0.6 is 0 Å². The smallest absolute Gasteiger partial charge is 0.328 e. The lowest BCUT2D eigenvalue weighted by molar-refractivity contribution is -0.145. The van der Waals surface area contributed by atoms with E-state index < -0.39 is 103 Å². The minimum absolute atomic E-state index is 0.0737. The van der Waals surface area contributed by atoms with Gasteiger partial charge in [0, 0.05) is 12.3 Å². The Morgan fingerprint density at radius 3 is 2.04 bits per heavy atom. The third-order valence-corrected chi connectivity index (χ3v) is 8.00. The highest BCUT2D eigenvalue weighted by Gasteiger charge is 2.40. The molecular formula is C31H53N9O11. The number of carboxylic acid groups (broad SMARTS) is 1. The Hall–Kier alpha value is -4.50. The monoisotopic (exact) mass is 727 g/mol. The van der Waals surface area contributed by atoms with Gasteiger partial charge in [-0.2, -0.15) is 5.10 Å². The van der Waals surface area contributed by atoms with E-state index >= 15 is 0 Å². The van der Waals surface area contributed by atoms with E-state index in [1.807, 2.05) is 0 Å². The van der Waals surface area contributed by atoms with Crippen LogP contribution in [-0.2, 0) is 33.6 Å². The Morgan fingerprint density at radius 2 is 1.55 bits per heavy atom. The Morgan fingerprint density at radius 1 is 0.941 bits per heavy atom. The molecule has 288 valence electrons. The molecule has 51 heavy (non-hydrogen) atoms. The SMILES string of the molecule is CCC(C)=C(NC(=O)C(CC(C)C)NC(=O)C1CCC=NN1C(=O)C(NC(=O)C(C)NC(=O)C(N)(CO)CO)C(C)N)C(=O)NC(CO)C(=O)O. The number of rotatable bonds is 19. The van der Waals surface area contributed by atoms with Gasteiger partial charge in [0.05, 0.1) is 19.8 Å². The quantitative estimate of drug-likeness (QED) is 0.0564. The second-order valence-electron chi connectivity index (χ2n) is 12.8. The molecule has 13 N–H and O–H groups in total. The van der Waals surface area contributed by atoms with Crippen LogP contribution in [0.2, 0.25) is 0 Å². The number of nitrogens with two attached hydrogens (primary N) is 2. The van der Waals surface area contributed by atoms with E-state index in [0.717, 1.165) is 5.01 Å². The second-order valence-corrected chi connectivity index (χ2v) is 12.8. The molecule has 20 nitrogen and oxygen atoms in total. The Bertz CT molecular complexity index is 1350. The van der Waals surface area contributed by atoms with E-state index in [-0.39, 0.29) is 30.9 Å². The number of allylic oxidation sites excluding steroid dienone is 1. The number of carboxylic acids is 1. The highest BCUT2D eigenvalue weighted by Crippen LogP contribution is 2.17. The fourth-order valence-electron chi connectivity index (χ4n) is 4.60. The molecule has 0 aromatic carbocycles. The maximum absolute atomic E-state index is 13.7. The number of aliphatic carboxylic acids is 1. The van der Waals surface area contributed by atoms with Gasteiger partial charge in [-0.25, -0.2) is 9.80 Å². The van der Waals surface area contributed by atoms with Gasteiger partial charge in [0.2, 0.25) is 23.6 Å². The normalized spacial score (nSPS) is 18.0. The highest BCUT2D eigenvalue weighted by atomic mass is 16.4. The first kappa shape index (κ1) is 44.5. The predicted octanol–water partition coefficient (Wildman–Crippen LogP) is -4.13. The van der Waals surface area contributed by atoms with Crippen molar-refractivity contribution in [3.8, 4) is 0 Å². The molecule has 0 spiro atoms. The summed E-state index contributed by atoms with van der Waals surface area (Å²) >= 11 is 0. The van der Waals surface area contributed by atoms with Crippen molar-refractivity contribution in [1.29, 1.82) is 0 Å². The maximum Gasteiger partial charge on any atom is 0.328 e. The van der Waals surface area contributed by atoms with E-state index in [1.165, 1.54) is 20.1 Å². The van der Waals surface area contributed by atoms with E-state index in [0.29, 0.717) is 12.0 Å². The predicted molar refractivity (Wildman–Crippen MR) is 182 cm³/mol. The summed E-state index contributed by atoms with van der Waals surface area (Å²) in [7, 11) is 0. The van der Waals surface area contributed by atoms with Crippen molar-refractivity contribution in [1.82, 2.24) is 31.6 Å². The molecule has 1 aliphatic rings. The Labute approximate surface area is 295 Å². The summed E-state index contributed by atoms with van der Waals surface area (Å²) in [5.74, 6) is -6.97. The molecule has 6 atom stereocenters. The van der Waals surface area contributed by atoms with E-state index in [4.69, 9.17) is 11.5 Å². The zero-order valence-electron chi connectivity index (χ0n) is 29.8. The Balaban J connectivity index is 3.26. The molecule has 1 rings (SSSR count). The number of nitrogens with one attached hydrogen (secondary N) is 5. The molecule has 0 bridgehead atoms. The van der Waals surface area contributed by atoms with Crippen molar-refractivity contribution in [2.24, 2.45) is 22.5 Å². The van der Waals surface area contributed by atoms with Crippen molar-refractivity contribution in [2.45, 2.75) is 109 Å². The summed E-state index contributed by atoms with van der Waals surface area (Å²) in [5.41, 5.74) is 9.75. The van der Waals surface area contributed by atoms with Crippen molar-refractivity contribution < 1.29 is 54.0 Å². The summed E-state index contributed by atoms with van der Waals surface area (Å²) in [5, 5.41) is 54.1. The van der Waals surface area contributed by atoms with Gasteiger partial charge in [0.1, 0.15) is 35.4 Å². The molecule has 0 aromatic rings. The van der Waals surface area contributed by atoms with Crippen LogP contribution in [0, 0.1) is 5.92 Å². The summed E-state index contributed by atoms with van der Waals surface area (Å²) in [6, 6.07) is -7.91. The van der Waals surface area contributed by atoms with Crippen LogP contribution in [0.5, 0.6) is 0 Å². The van der Waals surface area contributed by atoms with Gasteiger partial charge in [0.25, 0.3) is 11.8 Å². The van der Waals surface area contributed by atoms with E-state index in [2.05, 4.69) is 31.7 Å². The number of hydrazone groups is 1. The van der Waals surface area contributed by atoms with Gasteiger partial charge in [-0.3, -0.25) is 28.8 Å². The number of aliphatic hydroxyl groups excluding tert-OH is 3. The van der Waals surface area contributed by atoms with Crippen molar-refractivity contribution in [3.63, 3.8) is 0 Å². The first-order valence-corrected chi connectivity index (χ1v) is 16.5. The molecule has 0 saturated heterocycles. The largest absolute Gasteiger partial charge is 0.480 e. The van der Waals surface area contributed by atoms with Gasteiger partial charge in [-0.05, 0) is 57.9 Å². The zero-order chi connectivity index (χ0) is 39.2. The fraction of sp³-hybridized carbons (Fsp3) is 0.677. The topological polar surface area (TPSA) is 328 Å². The molecule has 6 unspecified atom stereocenters. The molecule has 1 aliphatic heterocycles. The summed E-state index contributed by atoms with van der Waals surface area (Å²) in [6.07, 6.45) is 2.11. The van der Waals surface area contributed by atoms with Crippen LogP contribution in [0.15, 0.2) is 16.4 Å². The highest BCUT2D eigenvalue weighted by molar-refractivity contribution is 6.02. The zero-order valence-corrected chi connectivity index (χ0v) is 29.8. The minimum atomic E-state index is -2.07. The molecule has 1 heterocycles. The van der Waals surface area contributed by atoms with Crippen molar-refractivity contribution >= 4 is 47.6 Å². The molecule has 0 aromatic heterocycles. The number of aliphatic hydroxyl groups is 3. The van der Waals surface area contributed by atoms with Gasteiger partial charge in [0.15, 0.2) is 6.04 Å². The first-order chi connectivity index (χ1) is 23.8. The lowest BCUT2D eigenvalue weighted by Gasteiger charge is -2.34. The number of amides is 6. The molecule has 0 saturated carbocycles. The van der Waals surface area contributed by atoms with Crippen LogP contribution in [0.4, 0.5) is 0 Å². The van der Waals surface area contributed by atoms with E-state index in [1.54, 1.807) is 27.7 Å². The van der Waals surface area contributed by atoms with Gasteiger partial charge < -0.3 is 58.5 Å². The van der Waals surface area contributed by atoms with Crippen LogP contribution in [-0.4, -0.2) is 135 Å². The summed E-state index contributed by atoms with van der Waals surface area (Å²) in [6.45, 7) is 6.77. The van der Waals surface area contributed by atoms with Crippen LogP contribution in [0.25, 0.3) is 0 Å². The van der Waals surface area contributed by atoms with Gasteiger partial charge in [-0.15, -0.1) is 0 Å². The molecule has 20 heteroatoms. The van der Waals surface area contributed by atoms with Gasteiger partial charge in [-0.1, -0.05) is 20.8 Å². The van der Waals surface area contributed by atoms with Crippen molar-refractivity contribution in [3.05, 3.63) is 11.3 Å². The fourth-order valence-corrected chi connectivity index (χ4v) is 4.60. The summed E-state index contributed by atoms with van der Waals surface area (Å²) in [4.78, 5) is 90.7. The third kappa shape index (κ3) is 12.6. The molecule has 0 fully saturated rings. The third-order valence-electron chi connectivity index (χ3n) is 8.00. The lowest BCUT2D eigenvalue weighted by atomic mass is 10.0. The Kier molecular flexibility index (Phi) is 17.8. The average Bonchev–Trinajstić information content (AvgIpc) is 3.09. The van der Waals surface area contributed by atoms with Crippen LogP contribution < -0.4 is 38.1 Å². The van der Waals surface area contributed by atoms with Crippen LogP contribution in [0.3, 0.4) is 0 Å². The number of carbonyl (C=O) groups is 7. The minimum Gasteiger partial charge on any atom is -0.480 e. The van der Waals surface area contributed by atoms with Gasteiger partial charge >= 0.3 is 5.97 Å². The average molecular weight is 728 g/mol. The van der Waals surface area contributed by atoms with Crippen molar-refractivity contribution in [2.75, 3.05) is 19.8 Å². The molecular weight excluding hydrogens is 674 g/mol. The van der Waals surface area contributed by atoms with Crippen LogP contribution in [0.1, 0.15) is 67.2 Å². The standard InChI is InChI=1S/C31H53N9O11/c1-7-16(4)22(27(47)37-20(12-41)29(49)50)38-25(45)19(11-15(2)3)36-26(46)21-9-8-10-34-40(21)28(48)23(17(5)32)39-24(44)18(6)35-30(51)31(33,13-42)14-43/h10,15,17-21,23,41-43H,7-9,11-14,32-33H2,1-6H3,(H,35,51)(H,36,46)(H,37,47)(H,38,45)(H,39,44)(H,49,50). The summed E-state index contributed by atoms with van der Waals surface area (Å²) < 4.78 is 0. The number of hydrogen-bond acceptors (Lipinski definition) is 13.